The number of nitrogens with zero attached hydrogens (tertiary/aromatic N) is 2. The van der Waals surface area contributed by atoms with Crippen molar-refractivity contribution in [3.05, 3.63) is 72.4 Å². The predicted octanol–water partition coefficient (Wildman–Crippen LogP) is 3.16. The number of hydrogen-bond acceptors (Lipinski definition) is 4. The number of rotatable bonds is 5. The fraction of sp³-hybridized carbons (Fsp3) is 0.238. The van der Waals surface area contributed by atoms with Gasteiger partial charge in [0.05, 0.1) is 16.3 Å². The summed E-state index contributed by atoms with van der Waals surface area (Å²) in [5, 5.41) is 7.04. The summed E-state index contributed by atoms with van der Waals surface area (Å²) in [6.07, 6.45) is 1.47. The number of sulfone groups is 1. The lowest BCUT2D eigenvalue weighted by molar-refractivity contribution is 0.0743. The molecule has 1 aliphatic heterocycles. The van der Waals surface area contributed by atoms with E-state index in [2.05, 4.69) is 10.2 Å². The first kappa shape index (κ1) is 18.4. The molecule has 3 aromatic rings. The van der Waals surface area contributed by atoms with Crippen LogP contribution in [0.3, 0.4) is 0 Å². The second-order valence-electron chi connectivity index (χ2n) is 6.92. The second kappa shape index (κ2) is 7.59. The summed E-state index contributed by atoms with van der Waals surface area (Å²) in [4.78, 5) is 14.9. The highest BCUT2D eigenvalue weighted by Crippen LogP contribution is 2.25. The average Bonchev–Trinajstić information content (AvgIpc) is 3.38. The molecule has 6 nitrogen and oxygen atoms in total. The highest BCUT2D eigenvalue weighted by Gasteiger charge is 2.34. The number of carbonyl (C=O) groups is 1. The van der Waals surface area contributed by atoms with Gasteiger partial charge in [0.1, 0.15) is 5.69 Å². The van der Waals surface area contributed by atoms with Crippen molar-refractivity contribution in [3.8, 4) is 11.3 Å². The van der Waals surface area contributed by atoms with Crippen LogP contribution in [0.15, 0.2) is 71.6 Å². The quantitative estimate of drug-likeness (QED) is 0.719. The molecule has 1 aromatic heterocycles. The molecule has 28 heavy (non-hydrogen) atoms. The van der Waals surface area contributed by atoms with Gasteiger partial charge in [-0.1, -0.05) is 48.5 Å². The molecule has 0 spiro atoms. The SMILES string of the molecule is O=C(c1cc(-c2ccccc2)n[nH]1)N1CCCC1CS(=O)(=O)c1ccccc1. The standard InChI is InChI=1S/C21H21N3O3S/c25-21(20-14-19(22-23-20)16-8-3-1-4-9-16)24-13-7-10-17(24)15-28(26,27)18-11-5-2-6-12-18/h1-6,8-9,11-12,14,17H,7,10,13,15H2,(H,22,23). The molecule has 7 heteroatoms. The maximum Gasteiger partial charge on any atom is 0.272 e. The van der Waals surface area contributed by atoms with Gasteiger partial charge in [0.25, 0.3) is 5.91 Å². The van der Waals surface area contributed by atoms with Crippen LogP contribution in [0.2, 0.25) is 0 Å². The van der Waals surface area contributed by atoms with Gasteiger partial charge in [0.15, 0.2) is 9.84 Å². The molecule has 1 amide bonds. The Balaban J connectivity index is 1.52. The Hall–Kier alpha value is -2.93. The molecule has 4 rings (SSSR count). The minimum absolute atomic E-state index is 0.0670. The molecular formula is C21H21N3O3S. The van der Waals surface area contributed by atoms with Gasteiger partial charge in [-0.05, 0) is 31.0 Å². The monoisotopic (exact) mass is 395 g/mol. The van der Waals surface area contributed by atoms with Crippen LogP contribution in [0.1, 0.15) is 23.3 Å². The average molecular weight is 395 g/mol. The van der Waals surface area contributed by atoms with Crippen molar-refractivity contribution in [2.45, 2.75) is 23.8 Å². The zero-order valence-electron chi connectivity index (χ0n) is 15.3. The highest BCUT2D eigenvalue weighted by molar-refractivity contribution is 7.91. The molecule has 1 N–H and O–H groups in total. The molecule has 2 aromatic carbocycles. The molecule has 1 saturated heterocycles. The molecule has 1 atom stereocenters. The Labute approximate surface area is 164 Å². The fourth-order valence-corrected chi connectivity index (χ4v) is 5.21. The summed E-state index contributed by atoms with van der Waals surface area (Å²) in [7, 11) is -3.45. The number of aromatic nitrogens is 2. The molecule has 0 bridgehead atoms. The van der Waals surface area contributed by atoms with Gasteiger partial charge in [0, 0.05) is 18.2 Å². The van der Waals surface area contributed by atoms with Crippen LogP contribution in [0.5, 0.6) is 0 Å². The van der Waals surface area contributed by atoms with E-state index in [1.54, 1.807) is 41.3 Å². The van der Waals surface area contributed by atoms with Crippen LogP contribution in [0, 0.1) is 0 Å². The molecule has 2 heterocycles. The number of H-pyrrole nitrogens is 1. The van der Waals surface area contributed by atoms with Gasteiger partial charge in [-0.2, -0.15) is 5.10 Å². The van der Waals surface area contributed by atoms with Gasteiger partial charge in [-0.3, -0.25) is 9.89 Å². The van der Waals surface area contributed by atoms with Crippen molar-refractivity contribution in [3.63, 3.8) is 0 Å². The smallest absolute Gasteiger partial charge is 0.272 e. The predicted molar refractivity (Wildman–Crippen MR) is 107 cm³/mol. The Morgan fingerprint density at radius 2 is 1.75 bits per heavy atom. The summed E-state index contributed by atoms with van der Waals surface area (Å²) in [5.74, 6) is -0.275. The number of nitrogens with one attached hydrogen (secondary N) is 1. The molecule has 1 aliphatic rings. The van der Waals surface area contributed by atoms with E-state index in [9.17, 15) is 13.2 Å². The number of carbonyl (C=O) groups excluding carboxylic acids is 1. The van der Waals surface area contributed by atoms with Crippen molar-refractivity contribution in [2.75, 3.05) is 12.3 Å². The van der Waals surface area contributed by atoms with Gasteiger partial charge >= 0.3 is 0 Å². The maximum atomic E-state index is 13.0. The van der Waals surface area contributed by atoms with E-state index in [0.717, 1.165) is 12.0 Å². The summed E-state index contributed by atoms with van der Waals surface area (Å²) >= 11 is 0. The van der Waals surface area contributed by atoms with Crippen molar-refractivity contribution < 1.29 is 13.2 Å². The first-order valence-electron chi connectivity index (χ1n) is 9.24. The minimum Gasteiger partial charge on any atom is -0.333 e. The van der Waals surface area contributed by atoms with Crippen molar-refractivity contribution in [2.24, 2.45) is 0 Å². The third kappa shape index (κ3) is 3.71. The van der Waals surface area contributed by atoms with Crippen LogP contribution in [0.4, 0.5) is 0 Å². The summed E-state index contributed by atoms with van der Waals surface area (Å²) in [6, 6.07) is 19.4. The largest absolute Gasteiger partial charge is 0.333 e. The van der Waals surface area contributed by atoms with Crippen molar-refractivity contribution in [1.29, 1.82) is 0 Å². The van der Waals surface area contributed by atoms with Crippen LogP contribution in [-0.4, -0.2) is 47.8 Å². The van der Waals surface area contributed by atoms with Gasteiger partial charge in [0.2, 0.25) is 0 Å². The first-order valence-corrected chi connectivity index (χ1v) is 10.9. The molecule has 1 fully saturated rings. The van der Waals surface area contributed by atoms with Crippen LogP contribution in [0.25, 0.3) is 11.3 Å². The molecule has 144 valence electrons. The lowest BCUT2D eigenvalue weighted by Gasteiger charge is -2.24. The summed E-state index contributed by atoms with van der Waals surface area (Å²) < 4.78 is 25.4. The number of benzene rings is 2. The van der Waals surface area contributed by atoms with E-state index < -0.39 is 9.84 Å². The lowest BCUT2D eigenvalue weighted by Crippen LogP contribution is -2.39. The molecular weight excluding hydrogens is 374 g/mol. The normalized spacial score (nSPS) is 17.0. The molecule has 0 aliphatic carbocycles. The summed E-state index contributed by atoms with van der Waals surface area (Å²) in [5.41, 5.74) is 1.99. The Bertz CT molecular complexity index is 1060. The zero-order chi connectivity index (χ0) is 19.6. The Morgan fingerprint density at radius 3 is 2.46 bits per heavy atom. The van der Waals surface area contributed by atoms with Crippen LogP contribution in [-0.2, 0) is 9.84 Å². The minimum atomic E-state index is -3.45. The van der Waals surface area contributed by atoms with Gasteiger partial charge in [-0.15, -0.1) is 0 Å². The van der Waals surface area contributed by atoms with Crippen molar-refractivity contribution in [1.82, 2.24) is 15.1 Å². The van der Waals surface area contributed by atoms with Gasteiger partial charge in [-0.25, -0.2) is 8.42 Å². The first-order chi connectivity index (χ1) is 13.5. The fourth-order valence-electron chi connectivity index (χ4n) is 3.60. The van der Waals surface area contributed by atoms with E-state index in [4.69, 9.17) is 0 Å². The number of likely N-dealkylation sites (tertiary alicyclic amines) is 1. The van der Waals surface area contributed by atoms with Crippen molar-refractivity contribution >= 4 is 15.7 Å². The lowest BCUT2D eigenvalue weighted by atomic mass is 10.1. The number of hydrogen-bond donors (Lipinski definition) is 1. The molecule has 1 unspecified atom stereocenters. The van der Waals surface area contributed by atoms with E-state index >= 15 is 0 Å². The molecule has 0 radical (unpaired) electrons. The topological polar surface area (TPSA) is 83.1 Å². The van der Waals surface area contributed by atoms with E-state index in [1.165, 1.54) is 0 Å². The van der Waals surface area contributed by atoms with Crippen LogP contribution >= 0.6 is 0 Å². The maximum absolute atomic E-state index is 13.0. The zero-order valence-corrected chi connectivity index (χ0v) is 16.1. The van der Waals surface area contributed by atoms with E-state index in [-0.39, 0.29) is 17.7 Å². The summed E-state index contributed by atoms with van der Waals surface area (Å²) in [6.45, 7) is 0.549. The van der Waals surface area contributed by atoms with Gasteiger partial charge < -0.3 is 4.90 Å². The number of aromatic amines is 1. The number of amides is 1. The van der Waals surface area contributed by atoms with E-state index in [1.807, 2.05) is 30.3 Å². The third-order valence-electron chi connectivity index (χ3n) is 5.03. The van der Waals surface area contributed by atoms with E-state index in [0.29, 0.717) is 29.2 Å². The molecule has 0 saturated carbocycles. The third-order valence-corrected chi connectivity index (χ3v) is 6.84. The Morgan fingerprint density at radius 1 is 1.07 bits per heavy atom. The van der Waals surface area contributed by atoms with Crippen LogP contribution < -0.4 is 0 Å². The second-order valence-corrected chi connectivity index (χ2v) is 8.96. The Kier molecular flexibility index (Phi) is 5.00. The highest BCUT2D eigenvalue weighted by atomic mass is 32.2.